The average Bonchev–Trinajstić information content (AvgIpc) is 2.73. The molecule has 2 aromatic rings. The Kier molecular flexibility index (Phi) is 6.69. The van der Waals surface area contributed by atoms with Gasteiger partial charge in [-0.2, -0.15) is 0 Å². The lowest BCUT2D eigenvalue weighted by molar-refractivity contribution is 0.0952. The third-order valence-electron chi connectivity index (χ3n) is 5.05. The predicted octanol–water partition coefficient (Wildman–Crippen LogP) is 4.38. The smallest absolute Gasteiger partial charge is 0.255 e. The Bertz CT molecular complexity index is 824. The van der Waals surface area contributed by atoms with E-state index in [-0.39, 0.29) is 11.8 Å². The number of carbonyl (C=O) groups is 2. The Hall–Kier alpha value is -2.82. The second-order valence-corrected chi connectivity index (χ2v) is 7.36. The van der Waals surface area contributed by atoms with Crippen LogP contribution in [-0.4, -0.2) is 31.4 Å². The molecule has 1 heterocycles. The lowest BCUT2D eigenvalue weighted by Crippen LogP contribution is -2.33. The van der Waals surface area contributed by atoms with Gasteiger partial charge in [0.15, 0.2) is 0 Å². The van der Waals surface area contributed by atoms with Crippen LogP contribution >= 0.6 is 0 Å². The summed E-state index contributed by atoms with van der Waals surface area (Å²) in [4.78, 5) is 27.6. The highest BCUT2D eigenvalue weighted by Crippen LogP contribution is 2.27. The number of amides is 2. The molecule has 1 fully saturated rings. The number of nitrogens with one attached hydrogen (secondary N) is 2. The molecular weight excluding hydrogens is 350 g/mol. The lowest BCUT2D eigenvalue weighted by atomic mass is 10.1. The first-order valence-electron chi connectivity index (χ1n) is 10.1. The zero-order valence-electron chi connectivity index (χ0n) is 16.8. The first kappa shape index (κ1) is 19.9. The Morgan fingerprint density at radius 1 is 0.964 bits per heavy atom. The summed E-state index contributed by atoms with van der Waals surface area (Å²) in [6, 6.07) is 13.1. The Balaban J connectivity index is 1.84. The number of benzene rings is 2. The van der Waals surface area contributed by atoms with Crippen LogP contribution < -0.4 is 15.5 Å². The van der Waals surface area contributed by atoms with Gasteiger partial charge in [0.25, 0.3) is 11.8 Å². The van der Waals surface area contributed by atoms with E-state index in [0.717, 1.165) is 43.6 Å². The van der Waals surface area contributed by atoms with Crippen molar-refractivity contribution in [2.75, 3.05) is 29.9 Å². The summed E-state index contributed by atoms with van der Waals surface area (Å²) in [5.74, 6) is -0.264. The van der Waals surface area contributed by atoms with Crippen LogP contribution in [0.3, 0.4) is 0 Å². The fourth-order valence-electron chi connectivity index (χ4n) is 3.45. The van der Waals surface area contributed by atoms with Crippen LogP contribution in [0.1, 0.15) is 58.9 Å². The van der Waals surface area contributed by atoms with E-state index in [0.29, 0.717) is 23.4 Å². The van der Waals surface area contributed by atoms with Crippen LogP contribution in [0.4, 0.5) is 11.4 Å². The number of hydrogen-bond acceptors (Lipinski definition) is 3. The molecule has 28 heavy (non-hydrogen) atoms. The van der Waals surface area contributed by atoms with Crippen molar-refractivity contribution in [3.63, 3.8) is 0 Å². The van der Waals surface area contributed by atoms with E-state index in [4.69, 9.17) is 0 Å². The zero-order chi connectivity index (χ0) is 19.9. The summed E-state index contributed by atoms with van der Waals surface area (Å²) >= 11 is 0. The van der Waals surface area contributed by atoms with Crippen LogP contribution in [-0.2, 0) is 0 Å². The SMILES string of the molecule is CCCNC(=O)c1cc(NC(=O)c2ccc(C)cc2)ccc1N1CCCCC1. The maximum absolute atomic E-state index is 12.8. The molecule has 1 aliphatic heterocycles. The molecule has 1 aliphatic rings. The summed E-state index contributed by atoms with van der Waals surface area (Å²) in [6.07, 6.45) is 4.40. The second kappa shape index (κ2) is 9.40. The Labute approximate surface area is 167 Å². The van der Waals surface area contributed by atoms with Gasteiger partial charge in [-0.3, -0.25) is 9.59 Å². The van der Waals surface area contributed by atoms with Crippen molar-refractivity contribution in [2.24, 2.45) is 0 Å². The fourth-order valence-corrected chi connectivity index (χ4v) is 3.45. The molecule has 0 atom stereocenters. The van der Waals surface area contributed by atoms with E-state index in [1.165, 1.54) is 6.42 Å². The van der Waals surface area contributed by atoms with Gasteiger partial charge in [-0.1, -0.05) is 24.6 Å². The number of hydrogen-bond donors (Lipinski definition) is 2. The summed E-state index contributed by atoms with van der Waals surface area (Å²) in [7, 11) is 0. The molecule has 0 unspecified atom stereocenters. The van der Waals surface area contributed by atoms with Crippen molar-refractivity contribution in [3.05, 3.63) is 59.2 Å². The third-order valence-corrected chi connectivity index (χ3v) is 5.05. The lowest BCUT2D eigenvalue weighted by Gasteiger charge is -2.30. The van der Waals surface area contributed by atoms with E-state index in [2.05, 4.69) is 15.5 Å². The number of piperidine rings is 1. The molecule has 2 N–H and O–H groups in total. The normalized spacial score (nSPS) is 13.9. The number of rotatable bonds is 6. The first-order valence-corrected chi connectivity index (χ1v) is 10.1. The predicted molar refractivity (Wildman–Crippen MR) is 114 cm³/mol. The number of anilines is 2. The summed E-state index contributed by atoms with van der Waals surface area (Å²) in [6.45, 7) is 6.58. The fraction of sp³-hybridized carbons (Fsp3) is 0.391. The van der Waals surface area contributed by atoms with Gasteiger partial charge < -0.3 is 15.5 Å². The summed E-state index contributed by atoms with van der Waals surface area (Å²) in [5.41, 5.74) is 3.91. The summed E-state index contributed by atoms with van der Waals surface area (Å²) < 4.78 is 0. The van der Waals surface area contributed by atoms with E-state index in [1.54, 1.807) is 6.07 Å². The minimum atomic E-state index is -0.175. The van der Waals surface area contributed by atoms with Gasteiger partial charge in [0.2, 0.25) is 0 Å². The average molecular weight is 380 g/mol. The highest BCUT2D eigenvalue weighted by molar-refractivity contribution is 6.06. The van der Waals surface area contributed by atoms with Gasteiger partial charge in [-0.05, 0) is 62.9 Å². The monoisotopic (exact) mass is 379 g/mol. The molecule has 0 saturated carbocycles. The van der Waals surface area contributed by atoms with Crippen molar-refractivity contribution >= 4 is 23.2 Å². The maximum atomic E-state index is 12.8. The topological polar surface area (TPSA) is 61.4 Å². The molecule has 3 rings (SSSR count). The maximum Gasteiger partial charge on any atom is 0.255 e. The molecule has 0 spiro atoms. The molecule has 0 bridgehead atoms. The zero-order valence-corrected chi connectivity index (χ0v) is 16.8. The minimum absolute atomic E-state index is 0.0890. The first-order chi connectivity index (χ1) is 13.6. The van der Waals surface area contributed by atoms with E-state index < -0.39 is 0 Å². The number of aryl methyl sites for hydroxylation is 1. The van der Waals surface area contributed by atoms with Crippen LogP contribution in [0.25, 0.3) is 0 Å². The van der Waals surface area contributed by atoms with Crippen LogP contribution in [0.2, 0.25) is 0 Å². The van der Waals surface area contributed by atoms with Crippen molar-refractivity contribution in [1.82, 2.24) is 5.32 Å². The van der Waals surface area contributed by atoms with Crippen molar-refractivity contribution in [2.45, 2.75) is 39.5 Å². The van der Waals surface area contributed by atoms with E-state index in [1.807, 2.05) is 50.2 Å². The van der Waals surface area contributed by atoms with Gasteiger partial charge in [0.1, 0.15) is 0 Å². The number of nitrogens with zero attached hydrogens (tertiary/aromatic N) is 1. The molecule has 0 aromatic heterocycles. The quantitative estimate of drug-likeness (QED) is 0.783. The molecule has 1 saturated heterocycles. The van der Waals surface area contributed by atoms with Crippen molar-refractivity contribution in [1.29, 1.82) is 0 Å². The summed E-state index contributed by atoms with van der Waals surface area (Å²) in [5, 5.41) is 5.89. The van der Waals surface area contributed by atoms with Crippen molar-refractivity contribution in [3.8, 4) is 0 Å². The Morgan fingerprint density at radius 3 is 2.36 bits per heavy atom. The standard InChI is InChI=1S/C23H29N3O2/c1-3-13-24-23(28)20-16-19(11-12-21(20)26-14-5-4-6-15-26)25-22(27)18-9-7-17(2)8-10-18/h7-12,16H,3-6,13-15H2,1-2H3,(H,24,28)(H,25,27). The van der Waals surface area contributed by atoms with Crippen LogP contribution in [0.15, 0.2) is 42.5 Å². The van der Waals surface area contributed by atoms with Gasteiger partial charge in [0, 0.05) is 36.6 Å². The molecule has 5 nitrogen and oxygen atoms in total. The second-order valence-electron chi connectivity index (χ2n) is 7.36. The highest BCUT2D eigenvalue weighted by atomic mass is 16.2. The molecule has 148 valence electrons. The van der Waals surface area contributed by atoms with Crippen LogP contribution in [0, 0.1) is 6.92 Å². The van der Waals surface area contributed by atoms with Gasteiger partial charge in [-0.15, -0.1) is 0 Å². The van der Waals surface area contributed by atoms with Gasteiger partial charge >= 0.3 is 0 Å². The third kappa shape index (κ3) is 4.91. The molecule has 0 aliphatic carbocycles. The minimum Gasteiger partial charge on any atom is -0.371 e. The van der Waals surface area contributed by atoms with E-state index >= 15 is 0 Å². The molecule has 2 amide bonds. The molecule has 0 radical (unpaired) electrons. The molecule has 2 aromatic carbocycles. The number of carbonyl (C=O) groups excluding carboxylic acids is 2. The highest BCUT2D eigenvalue weighted by Gasteiger charge is 2.19. The Morgan fingerprint density at radius 2 is 1.68 bits per heavy atom. The largest absolute Gasteiger partial charge is 0.371 e. The van der Waals surface area contributed by atoms with Crippen molar-refractivity contribution < 1.29 is 9.59 Å². The van der Waals surface area contributed by atoms with E-state index in [9.17, 15) is 9.59 Å². The van der Waals surface area contributed by atoms with Gasteiger partial charge in [-0.25, -0.2) is 0 Å². The molecule has 5 heteroatoms. The molecular formula is C23H29N3O2. The van der Waals surface area contributed by atoms with Gasteiger partial charge in [0.05, 0.1) is 5.56 Å². The van der Waals surface area contributed by atoms with Crippen LogP contribution in [0.5, 0.6) is 0 Å².